The van der Waals surface area contributed by atoms with Gasteiger partial charge in [0.05, 0.1) is 18.4 Å². The Kier molecular flexibility index (Phi) is 5.85. The van der Waals surface area contributed by atoms with Crippen LogP contribution in [0.5, 0.6) is 0 Å². The molecule has 4 amide bonds. The number of amides is 4. The molecule has 1 aliphatic rings. The Bertz CT molecular complexity index is 1320. The largest absolute Gasteiger partial charge is 0.465 e. The number of rotatable bonds is 4. The molecule has 2 aromatic carbocycles. The Labute approximate surface area is 193 Å². The van der Waals surface area contributed by atoms with E-state index in [1.165, 1.54) is 37.5 Å². The minimum Gasteiger partial charge on any atom is -0.465 e. The first kappa shape index (κ1) is 22.0. The zero-order chi connectivity index (χ0) is 23.7. The predicted octanol–water partition coefficient (Wildman–Crippen LogP) is 4.36. The van der Waals surface area contributed by atoms with Crippen LogP contribution in [-0.2, 0) is 14.3 Å². The summed E-state index contributed by atoms with van der Waals surface area (Å²) in [6, 6.07) is 13.5. The number of nitrogens with one attached hydrogen (secondary N) is 1. The van der Waals surface area contributed by atoms with Gasteiger partial charge in [-0.2, -0.15) is 0 Å². The topological polar surface area (TPSA) is 106 Å². The third kappa shape index (κ3) is 4.28. The molecule has 3 aromatic rings. The highest BCUT2D eigenvalue weighted by Gasteiger charge is 2.37. The molecule has 1 N–H and O–H groups in total. The van der Waals surface area contributed by atoms with Crippen LogP contribution in [0, 0.1) is 6.92 Å². The van der Waals surface area contributed by atoms with Crippen LogP contribution in [0.2, 0.25) is 5.02 Å². The van der Waals surface area contributed by atoms with Gasteiger partial charge < -0.3 is 9.15 Å². The number of ether oxygens (including phenoxy) is 1. The lowest BCUT2D eigenvalue weighted by molar-refractivity contribution is -0.122. The molecule has 33 heavy (non-hydrogen) atoms. The molecule has 1 aliphatic heterocycles. The zero-order valence-electron chi connectivity index (χ0n) is 17.5. The van der Waals surface area contributed by atoms with E-state index in [2.05, 4.69) is 5.32 Å². The first-order valence-corrected chi connectivity index (χ1v) is 10.1. The van der Waals surface area contributed by atoms with Crippen LogP contribution >= 0.6 is 11.6 Å². The second-order valence-corrected chi connectivity index (χ2v) is 7.59. The Hall–Kier alpha value is -4.17. The highest BCUT2D eigenvalue weighted by Crippen LogP contribution is 2.29. The van der Waals surface area contributed by atoms with E-state index < -0.39 is 23.8 Å². The van der Waals surface area contributed by atoms with E-state index in [9.17, 15) is 19.2 Å². The molecule has 8 nitrogen and oxygen atoms in total. The van der Waals surface area contributed by atoms with E-state index in [-0.39, 0.29) is 17.0 Å². The molecule has 0 bridgehead atoms. The third-order valence-electron chi connectivity index (χ3n) is 5.01. The smallest absolute Gasteiger partial charge is 0.337 e. The van der Waals surface area contributed by atoms with Gasteiger partial charge in [-0.1, -0.05) is 17.7 Å². The van der Waals surface area contributed by atoms with Crippen LogP contribution in [0.15, 0.2) is 64.6 Å². The van der Waals surface area contributed by atoms with Crippen molar-refractivity contribution in [2.24, 2.45) is 0 Å². The summed E-state index contributed by atoms with van der Waals surface area (Å²) < 4.78 is 10.5. The minimum atomic E-state index is -0.856. The standard InChI is InChI=1S/C24H17ClN2O6/c1-13-11-14(23(30)32-2)3-9-18(13)20-10-8-17(33-20)12-19-21(28)26-24(31)27(22(19)29)16-6-4-15(25)5-7-16/h3-12H,1-2H3,(H,26,28,31)/b19-12+. The fraction of sp³-hybridized carbons (Fsp3) is 0.0833. The summed E-state index contributed by atoms with van der Waals surface area (Å²) in [4.78, 5) is 50.2. The quantitative estimate of drug-likeness (QED) is 0.349. The van der Waals surface area contributed by atoms with Crippen LogP contribution in [0.3, 0.4) is 0 Å². The van der Waals surface area contributed by atoms with E-state index in [1.807, 2.05) is 6.92 Å². The number of nitrogens with zero attached hydrogens (tertiary/aromatic N) is 1. The molecule has 0 saturated carbocycles. The van der Waals surface area contributed by atoms with E-state index in [0.29, 0.717) is 16.3 Å². The number of hydrogen-bond acceptors (Lipinski definition) is 6. The molecule has 0 unspecified atom stereocenters. The minimum absolute atomic E-state index is 0.241. The summed E-state index contributed by atoms with van der Waals surface area (Å²) in [6.45, 7) is 1.82. The number of furan rings is 1. The maximum absolute atomic E-state index is 13.0. The van der Waals surface area contributed by atoms with Crippen LogP contribution in [0.1, 0.15) is 21.7 Å². The average Bonchev–Trinajstić information content (AvgIpc) is 3.25. The normalized spacial score (nSPS) is 15.1. The maximum Gasteiger partial charge on any atom is 0.337 e. The zero-order valence-corrected chi connectivity index (χ0v) is 18.3. The first-order chi connectivity index (χ1) is 15.8. The Morgan fingerprint density at radius 1 is 1.06 bits per heavy atom. The SMILES string of the molecule is COC(=O)c1ccc(-c2ccc(/C=C3\C(=O)NC(=O)N(c4ccc(Cl)cc4)C3=O)o2)c(C)c1. The van der Waals surface area contributed by atoms with Crippen molar-refractivity contribution in [1.82, 2.24) is 5.32 Å². The summed E-state index contributed by atoms with van der Waals surface area (Å²) in [5, 5.41) is 2.59. The Balaban J connectivity index is 1.65. The van der Waals surface area contributed by atoms with Gasteiger partial charge in [-0.3, -0.25) is 14.9 Å². The van der Waals surface area contributed by atoms with E-state index in [0.717, 1.165) is 16.0 Å². The molecular weight excluding hydrogens is 448 g/mol. The fourth-order valence-corrected chi connectivity index (χ4v) is 3.51. The molecule has 1 aromatic heterocycles. The van der Waals surface area contributed by atoms with Crippen molar-refractivity contribution in [2.75, 3.05) is 12.0 Å². The number of aryl methyl sites for hydroxylation is 1. The van der Waals surface area contributed by atoms with Crippen molar-refractivity contribution in [2.45, 2.75) is 6.92 Å². The summed E-state index contributed by atoms with van der Waals surface area (Å²) in [5.74, 6) is -1.35. The number of methoxy groups -OCH3 is 1. The number of benzene rings is 2. The summed E-state index contributed by atoms with van der Waals surface area (Å²) in [5.41, 5.74) is 1.91. The van der Waals surface area contributed by atoms with Gasteiger partial charge in [0.25, 0.3) is 11.8 Å². The predicted molar refractivity (Wildman–Crippen MR) is 121 cm³/mol. The number of imide groups is 2. The molecule has 0 aliphatic carbocycles. The molecule has 2 heterocycles. The van der Waals surface area contributed by atoms with Gasteiger partial charge in [-0.05, 0) is 67.1 Å². The molecular formula is C24H17ClN2O6. The van der Waals surface area contributed by atoms with Crippen molar-refractivity contribution < 1.29 is 28.3 Å². The van der Waals surface area contributed by atoms with Crippen molar-refractivity contribution in [3.63, 3.8) is 0 Å². The lowest BCUT2D eigenvalue weighted by Gasteiger charge is -2.26. The van der Waals surface area contributed by atoms with Crippen LogP contribution in [0.25, 0.3) is 17.4 Å². The number of anilines is 1. The van der Waals surface area contributed by atoms with Gasteiger partial charge in [-0.15, -0.1) is 0 Å². The van der Waals surface area contributed by atoms with Crippen LogP contribution in [0.4, 0.5) is 10.5 Å². The van der Waals surface area contributed by atoms with Crippen molar-refractivity contribution in [1.29, 1.82) is 0 Å². The highest BCUT2D eigenvalue weighted by atomic mass is 35.5. The third-order valence-corrected chi connectivity index (χ3v) is 5.26. The summed E-state index contributed by atoms with van der Waals surface area (Å²) >= 11 is 5.87. The van der Waals surface area contributed by atoms with Gasteiger partial charge in [0.1, 0.15) is 17.1 Å². The van der Waals surface area contributed by atoms with Crippen LogP contribution < -0.4 is 10.2 Å². The van der Waals surface area contributed by atoms with Gasteiger partial charge in [0.2, 0.25) is 0 Å². The fourth-order valence-electron chi connectivity index (χ4n) is 3.38. The number of carbonyl (C=O) groups is 4. The Morgan fingerprint density at radius 3 is 2.45 bits per heavy atom. The molecule has 0 atom stereocenters. The van der Waals surface area contributed by atoms with E-state index >= 15 is 0 Å². The van der Waals surface area contributed by atoms with Crippen LogP contribution in [-0.4, -0.2) is 30.9 Å². The summed E-state index contributed by atoms with van der Waals surface area (Å²) in [7, 11) is 1.31. The number of barbiturate groups is 1. The second-order valence-electron chi connectivity index (χ2n) is 7.16. The van der Waals surface area contributed by atoms with Gasteiger partial charge in [0.15, 0.2) is 0 Å². The number of urea groups is 1. The maximum atomic E-state index is 13.0. The monoisotopic (exact) mass is 464 g/mol. The van der Waals surface area contributed by atoms with Gasteiger partial charge in [-0.25, -0.2) is 14.5 Å². The highest BCUT2D eigenvalue weighted by molar-refractivity contribution is 6.39. The number of halogens is 1. The molecule has 0 radical (unpaired) electrons. The Morgan fingerprint density at radius 2 is 1.79 bits per heavy atom. The molecule has 4 rings (SSSR count). The van der Waals surface area contributed by atoms with Crippen molar-refractivity contribution >= 4 is 47.2 Å². The second kappa shape index (κ2) is 8.76. The average molecular weight is 465 g/mol. The molecule has 1 saturated heterocycles. The van der Waals surface area contributed by atoms with Gasteiger partial charge >= 0.3 is 12.0 Å². The van der Waals surface area contributed by atoms with E-state index in [1.54, 1.807) is 30.3 Å². The number of hydrogen-bond donors (Lipinski definition) is 1. The molecule has 9 heteroatoms. The van der Waals surface area contributed by atoms with Gasteiger partial charge in [0, 0.05) is 10.6 Å². The molecule has 0 spiro atoms. The lowest BCUT2D eigenvalue weighted by Crippen LogP contribution is -2.54. The lowest BCUT2D eigenvalue weighted by atomic mass is 10.0. The van der Waals surface area contributed by atoms with Crippen molar-refractivity contribution in [3.8, 4) is 11.3 Å². The van der Waals surface area contributed by atoms with Crippen molar-refractivity contribution in [3.05, 3.63) is 82.1 Å². The number of esters is 1. The first-order valence-electron chi connectivity index (χ1n) is 9.74. The molecule has 1 fully saturated rings. The number of carbonyl (C=O) groups excluding carboxylic acids is 4. The molecule has 166 valence electrons. The summed E-state index contributed by atoms with van der Waals surface area (Å²) in [6.07, 6.45) is 1.27. The van der Waals surface area contributed by atoms with E-state index in [4.69, 9.17) is 20.8 Å².